The molecular formula is C24H38O. The molecule has 0 aliphatic heterocycles. The van der Waals surface area contributed by atoms with Crippen molar-refractivity contribution in [1.82, 2.24) is 0 Å². The van der Waals surface area contributed by atoms with E-state index in [2.05, 4.69) is 6.92 Å². The fourth-order valence-electron chi connectivity index (χ4n) is 5.21. The third kappa shape index (κ3) is 5.50. The molecule has 2 aliphatic carbocycles. The third-order valence-electron chi connectivity index (χ3n) is 6.81. The van der Waals surface area contributed by atoms with E-state index in [1.807, 2.05) is 0 Å². The zero-order valence-corrected chi connectivity index (χ0v) is 16.2. The van der Waals surface area contributed by atoms with Crippen LogP contribution in [0.15, 0.2) is 24.2 Å². The standard InChI is InChI=1S/C24H38O/c1-3-4-19-7-13-22(14-8-19)23-15-9-20(10-16-23)5-6-21-11-17-24(25-2)18-12-21/h11-12,17-20,22-23H,3-10,13-16H2,1-2H3/i11D,12D,17D,18D. The van der Waals surface area contributed by atoms with E-state index in [9.17, 15) is 0 Å². The van der Waals surface area contributed by atoms with Crippen molar-refractivity contribution in [1.29, 1.82) is 0 Å². The molecule has 0 N–H and O–H groups in total. The molecule has 0 amide bonds. The second-order valence-electron chi connectivity index (χ2n) is 8.40. The van der Waals surface area contributed by atoms with Crippen LogP contribution in [-0.2, 0) is 6.42 Å². The first-order chi connectivity index (χ1) is 14.0. The minimum atomic E-state index is -0.0501. The lowest BCUT2D eigenvalue weighted by atomic mass is 9.68. The molecule has 0 bridgehead atoms. The largest absolute Gasteiger partial charge is 0.497 e. The number of hydrogen-bond acceptors (Lipinski definition) is 1. The van der Waals surface area contributed by atoms with Crippen LogP contribution in [0.5, 0.6) is 5.75 Å². The summed E-state index contributed by atoms with van der Waals surface area (Å²) in [5.74, 6) is 3.55. The second-order valence-corrected chi connectivity index (χ2v) is 8.40. The van der Waals surface area contributed by atoms with E-state index in [0.717, 1.165) is 24.2 Å². The fraction of sp³-hybridized carbons (Fsp3) is 0.750. The minimum absolute atomic E-state index is 0.0501. The van der Waals surface area contributed by atoms with Crippen molar-refractivity contribution >= 4 is 0 Å². The van der Waals surface area contributed by atoms with Gasteiger partial charge in [-0.25, -0.2) is 0 Å². The maximum Gasteiger partial charge on any atom is 0.118 e. The lowest BCUT2D eigenvalue weighted by Crippen LogP contribution is -2.26. The van der Waals surface area contributed by atoms with Gasteiger partial charge in [-0.05, 0) is 79.8 Å². The van der Waals surface area contributed by atoms with E-state index in [1.54, 1.807) is 0 Å². The normalized spacial score (nSPS) is 32.4. The Kier molecular flexibility index (Phi) is 5.45. The summed E-state index contributed by atoms with van der Waals surface area (Å²) in [6.45, 7) is 2.31. The summed E-state index contributed by atoms with van der Waals surface area (Å²) < 4.78 is 37.7. The van der Waals surface area contributed by atoms with Crippen LogP contribution in [0.2, 0.25) is 0 Å². The molecule has 140 valence electrons. The zero-order valence-electron chi connectivity index (χ0n) is 20.2. The van der Waals surface area contributed by atoms with E-state index < -0.39 is 0 Å². The van der Waals surface area contributed by atoms with Crippen LogP contribution in [0, 0.1) is 23.7 Å². The number of methoxy groups -OCH3 is 1. The Labute approximate surface area is 161 Å². The van der Waals surface area contributed by atoms with Crippen LogP contribution in [0.3, 0.4) is 0 Å². The van der Waals surface area contributed by atoms with E-state index in [-0.39, 0.29) is 29.9 Å². The van der Waals surface area contributed by atoms with E-state index in [4.69, 9.17) is 10.2 Å². The van der Waals surface area contributed by atoms with Crippen molar-refractivity contribution in [2.24, 2.45) is 23.7 Å². The average Bonchev–Trinajstić information content (AvgIpc) is 2.74. The monoisotopic (exact) mass is 346 g/mol. The van der Waals surface area contributed by atoms with Crippen molar-refractivity contribution in [2.75, 3.05) is 7.11 Å². The topological polar surface area (TPSA) is 9.23 Å². The lowest BCUT2D eigenvalue weighted by molar-refractivity contribution is 0.141. The van der Waals surface area contributed by atoms with Crippen LogP contribution in [0.25, 0.3) is 0 Å². The van der Waals surface area contributed by atoms with Gasteiger partial charge in [0.1, 0.15) is 5.75 Å². The Morgan fingerprint density at radius 1 is 0.840 bits per heavy atom. The van der Waals surface area contributed by atoms with Gasteiger partial charge < -0.3 is 4.74 Å². The van der Waals surface area contributed by atoms with Gasteiger partial charge in [0, 0.05) is 0 Å². The molecule has 0 atom stereocenters. The second kappa shape index (κ2) is 9.64. The Hall–Kier alpha value is -0.980. The van der Waals surface area contributed by atoms with Gasteiger partial charge in [0.2, 0.25) is 0 Å². The van der Waals surface area contributed by atoms with Crippen LogP contribution in [-0.4, -0.2) is 7.11 Å². The van der Waals surface area contributed by atoms with Crippen LogP contribution in [0.4, 0.5) is 0 Å². The van der Waals surface area contributed by atoms with Crippen molar-refractivity contribution in [3.63, 3.8) is 0 Å². The van der Waals surface area contributed by atoms with Gasteiger partial charge >= 0.3 is 0 Å². The molecule has 1 heteroatoms. The van der Waals surface area contributed by atoms with Gasteiger partial charge in [-0.15, -0.1) is 0 Å². The van der Waals surface area contributed by atoms with Crippen LogP contribution < -0.4 is 4.74 Å². The van der Waals surface area contributed by atoms with E-state index in [1.165, 1.54) is 71.3 Å². The van der Waals surface area contributed by atoms with Gasteiger partial charge in [-0.1, -0.05) is 57.5 Å². The van der Waals surface area contributed by atoms with Crippen molar-refractivity contribution in [3.8, 4) is 5.75 Å². The number of benzene rings is 1. The summed E-state index contributed by atoms with van der Waals surface area (Å²) in [5, 5.41) is 0. The quantitative estimate of drug-likeness (QED) is 0.514. The zero-order chi connectivity index (χ0) is 21.0. The van der Waals surface area contributed by atoms with Gasteiger partial charge in [-0.2, -0.15) is 0 Å². The number of rotatable bonds is 7. The first-order valence-corrected chi connectivity index (χ1v) is 10.6. The molecule has 0 heterocycles. The predicted octanol–water partition coefficient (Wildman–Crippen LogP) is 7.04. The highest BCUT2D eigenvalue weighted by Gasteiger charge is 2.30. The molecule has 2 saturated carbocycles. The summed E-state index contributed by atoms with van der Waals surface area (Å²) in [7, 11) is 1.40. The highest BCUT2D eigenvalue weighted by molar-refractivity contribution is 5.27. The summed E-state index contributed by atoms with van der Waals surface area (Å²) in [5.41, 5.74) is 0.553. The molecule has 0 saturated heterocycles. The van der Waals surface area contributed by atoms with Gasteiger partial charge in [0.15, 0.2) is 0 Å². The molecule has 0 radical (unpaired) electrons. The first kappa shape index (κ1) is 14.1. The SMILES string of the molecule is [2H]c1c([2H])c(OC)c([2H])c([2H])c1CCC1CCC(C2CCC(CCC)CC2)CC1. The molecule has 0 aromatic heterocycles. The van der Waals surface area contributed by atoms with Crippen molar-refractivity contribution < 1.29 is 10.2 Å². The number of ether oxygens (including phenoxy) is 1. The maximum absolute atomic E-state index is 8.24. The molecule has 0 spiro atoms. The summed E-state index contributed by atoms with van der Waals surface area (Å²) >= 11 is 0. The lowest BCUT2D eigenvalue weighted by Gasteiger charge is -2.38. The van der Waals surface area contributed by atoms with Gasteiger partial charge in [0.05, 0.1) is 12.6 Å². The molecular weight excluding hydrogens is 304 g/mol. The molecule has 1 nitrogen and oxygen atoms in total. The number of hydrogen-bond donors (Lipinski definition) is 0. The average molecular weight is 347 g/mol. The molecule has 2 aliphatic rings. The highest BCUT2D eigenvalue weighted by atomic mass is 16.5. The van der Waals surface area contributed by atoms with Crippen molar-refractivity contribution in [3.05, 3.63) is 29.7 Å². The Bertz CT molecular complexity index is 645. The summed E-state index contributed by atoms with van der Waals surface area (Å²) in [6, 6.07) is 0.0394. The minimum Gasteiger partial charge on any atom is -0.497 e. The van der Waals surface area contributed by atoms with Gasteiger partial charge in [-0.3, -0.25) is 0 Å². The van der Waals surface area contributed by atoms with E-state index >= 15 is 0 Å². The molecule has 0 unspecified atom stereocenters. The Morgan fingerprint density at radius 2 is 1.36 bits per heavy atom. The van der Waals surface area contributed by atoms with E-state index in [0.29, 0.717) is 17.9 Å². The first-order valence-electron chi connectivity index (χ1n) is 12.6. The molecule has 1 aromatic rings. The molecule has 25 heavy (non-hydrogen) atoms. The molecule has 3 rings (SSSR count). The van der Waals surface area contributed by atoms with Gasteiger partial charge in [0.25, 0.3) is 0 Å². The van der Waals surface area contributed by atoms with Crippen LogP contribution in [0.1, 0.15) is 88.6 Å². The molecule has 2 fully saturated rings. The predicted molar refractivity (Wildman–Crippen MR) is 107 cm³/mol. The smallest absolute Gasteiger partial charge is 0.118 e. The highest BCUT2D eigenvalue weighted by Crippen LogP contribution is 2.42. The van der Waals surface area contributed by atoms with Crippen molar-refractivity contribution in [2.45, 2.75) is 84.0 Å². The van der Waals surface area contributed by atoms with Crippen LogP contribution >= 0.6 is 0 Å². The maximum atomic E-state index is 8.24. The fourth-order valence-corrected chi connectivity index (χ4v) is 5.21. The summed E-state index contributed by atoms with van der Waals surface area (Å²) in [4.78, 5) is 0. The Balaban J connectivity index is 1.50. The third-order valence-corrected chi connectivity index (χ3v) is 6.81. The Morgan fingerprint density at radius 3 is 1.84 bits per heavy atom. The molecule has 1 aromatic carbocycles. The summed E-state index contributed by atoms with van der Waals surface area (Å²) in [6.07, 6.45) is 15.3.